The van der Waals surface area contributed by atoms with Gasteiger partial charge in [0, 0.05) is 0 Å². The second-order valence-electron chi connectivity index (χ2n) is 4.56. The van der Waals surface area contributed by atoms with Crippen LogP contribution in [0.5, 0.6) is 0 Å². The number of carbonyl (C=O) groups is 1. The zero-order valence-electron chi connectivity index (χ0n) is 11.1. The van der Waals surface area contributed by atoms with Gasteiger partial charge in [0.25, 0.3) is 0 Å². The molecular weight excluding hydrogens is 306 g/mol. The molecule has 0 heterocycles. The molecule has 114 valence electrons. The van der Waals surface area contributed by atoms with Crippen LogP contribution >= 0.6 is 0 Å². The molecule has 0 radical (unpaired) electrons. The standard InChI is InChI=1S/C12H12F2N2O4S/c1-6(2)10(12(17)18)16-21(19,20)11-8(13)3-7(5-15)4-9(11)14/h3-4,6,10,16H,1-2H3,(H,17,18)/t10-/m1/s1. The quantitative estimate of drug-likeness (QED) is 0.849. The van der Waals surface area contributed by atoms with Gasteiger partial charge in [-0.25, -0.2) is 17.2 Å². The monoisotopic (exact) mass is 318 g/mol. The maximum absolute atomic E-state index is 13.7. The number of nitrogens with one attached hydrogen (secondary N) is 1. The molecule has 6 nitrogen and oxygen atoms in total. The van der Waals surface area contributed by atoms with Crippen molar-refractivity contribution in [3.8, 4) is 6.07 Å². The third kappa shape index (κ3) is 3.74. The molecule has 0 aliphatic rings. The number of sulfonamides is 1. The van der Waals surface area contributed by atoms with Crippen LogP contribution in [0.4, 0.5) is 8.78 Å². The van der Waals surface area contributed by atoms with Gasteiger partial charge in [-0.1, -0.05) is 13.8 Å². The molecule has 0 fully saturated rings. The normalized spacial score (nSPS) is 13.0. The molecule has 0 saturated carbocycles. The minimum atomic E-state index is -4.73. The number of hydrogen-bond acceptors (Lipinski definition) is 4. The van der Waals surface area contributed by atoms with E-state index in [0.717, 1.165) is 0 Å². The predicted octanol–water partition coefficient (Wildman–Crippen LogP) is 1.22. The molecule has 1 rings (SSSR count). The summed E-state index contributed by atoms with van der Waals surface area (Å²) < 4.78 is 53.0. The van der Waals surface area contributed by atoms with Gasteiger partial charge in [-0.3, -0.25) is 4.79 Å². The van der Waals surface area contributed by atoms with Crippen molar-refractivity contribution in [2.24, 2.45) is 5.92 Å². The van der Waals surface area contributed by atoms with Crippen LogP contribution in [0.25, 0.3) is 0 Å². The zero-order chi connectivity index (χ0) is 16.4. The summed E-state index contributed by atoms with van der Waals surface area (Å²) in [5, 5.41) is 17.5. The molecule has 1 atom stereocenters. The second-order valence-corrected chi connectivity index (χ2v) is 6.21. The summed E-state index contributed by atoms with van der Waals surface area (Å²) in [6.07, 6.45) is 0. The van der Waals surface area contributed by atoms with Crippen LogP contribution in [0.2, 0.25) is 0 Å². The Labute approximate surface area is 120 Å². The molecule has 0 unspecified atom stereocenters. The van der Waals surface area contributed by atoms with Crippen molar-refractivity contribution >= 4 is 16.0 Å². The van der Waals surface area contributed by atoms with Gasteiger partial charge in [-0.05, 0) is 18.1 Å². The highest BCUT2D eigenvalue weighted by Crippen LogP contribution is 2.21. The van der Waals surface area contributed by atoms with Crippen LogP contribution in [-0.4, -0.2) is 25.5 Å². The molecule has 0 aliphatic heterocycles. The fraction of sp³-hybridized carbons (Fsp3) is 0.333. The fourth-order valence-corrected chi connectivity index (χ4v) is 3.04. The van der Waals surface area contributed by atoms with E-state index < -0.39 is 44.5 Å². The highest BCUT2D eigenvalue weighted by atomic mass is 32.2. The smallest absolute Gasteiger partial charge is 0.322 e. The van der Waals surface area contributed by atoms with Crippen molar-refractivity contribution in [3.63, 3.8) is 0 Å². The van der Waals surface area contributed by atoms with Crippen LogP contribution in [0.15, 0.2) is 17.0 Å². The van der Waals surface area contributed by atoms with Gasteiger partial charge in [-0.2, -0.15) is 9.98 Å². The number of benzene rings is 1. The first-order chi connectivity index (χ1) is 9.60. The number of rotatable bonds is 5. The number of carboxylic acids is 1. The van der Waals surface area contributed by atoms with E-state index >= 15 is 0 Å². The molecule has 0 amide bonds. The van der Waals surface area contributed by atoms with Crippen molar-refractivity contribution in [3.05, 3.63) is 29.3 Å². The Morgan fingerprint density at radius 1 is 1.33 bits per heavy atom. The number of nitrogens with zero attached hydrogens (tertiary/aromatic N) is 1. The van der Waals surface area contributed by atoms with Crippen LogP contribution in [0, 0.1) is 28.9 Å². The van der Waals surface area contributed by atoms with Crippen molar-refractivity contribution in [1.82, 2.24) is 4.72 Å². The van der Waals surface area contributed by atoms with E-state index in [1.54, 1.807) is 4.72 Å². The van der Waals surface area contributed by atoms with Crippen LogP contribution in [0.1, 0.15) is 19.4 Å². The van der Waals surface area contributed by atoms with Crippen LogP contribution in [-0.2, 0) is 14.8 Å². The minimum absolute atomic E-state index is 0.386. The third-order valence-corrected chi connectivity index (χ3v) is 4.10. The number of hydrogen-bond donors (Lipinski definition) is 2. The summed E-state index contributed by atoms with van der Waals surface area (Å²) in [4.78, 5) is 9.65. The van der Waals surface area contributed by atoms with Gasteiger partial charge >= 0.3 is 5.97 Å². The maximum atomic E-state index is 13.7. The molecule has 1 aromatic carbocycles. The lowest BCUT2D eigenvalue weighted by Gasteiger charge is -2.18. The largest absolute Gasteiger partial charge is 0.480 e. The zero-order valence-corrected chi connectivity index (χ0v) is 11.9. The molecule has 0 bridgehead atoms. The lowest BCUT2D eigenvalue weighted by Crippen LogP contribution is -2.44. The Hall–Kier alpha value is -2.05. The Bertz CT molecular complexity index is 687. The van der Waals surface area contributed by atoms with E-state index in [-0.39, 0.29) is 5.56 Å². The lowest BCUT2D eigenvalue weighted by molar-refractivity contribution is -0.140. The van der Waals surface area contributed by atoms with Gasteiger partial charge in [-0.15, -0.1) is 0 Å². The Kier molecular flexibility index (Phi) is 4.98. The molecule has 0 saturated heterocycles. The maximum Gasteiger partial charge on any atom is 0.322 e. The van der Waals surface area contributed by atoms with Gasteiger partial charge in [0.1, 0.15) is 17.7 Å². The van der Waals surface area contributed by atoms with Gasteiger partial charge in [0.05, 0.1) is 11.6 Å². The molecule has 0 aliphatic carbocycles. The average molecular weight is 318 g/mol. The fourth-order valence-electron chi connectivity index (χ4n) is 1.58. The number of aliphatic carboxylic acids is 1. The summed E-state index contributed by atoms with van der Waals surface area (Å²) in [6.45, 7) is 2.87. The Morgan fingerprint density at radius 2 is 1.81 bits per heavy atom. The molecule has 9 heteroatoms. The van der Waals surface area contributed by atoms with E-state index in [0.29, 0.717) is 12.1 Å². The van der Waals surface area contributed by atoms with Gasteiger partial charge < -0.3 is 5.11 Å². The van der Waals surface area contributed by atoms with Gasteiger partial charge in [0.15, 0.2) is 4.90 Å². The number of carboxylic acid groups (broad SMARTS) is 1. The van der Waals surface area contributed by atoms with Crippen molar-refractivity contribution in [2.75, 3.05) is 0 Å². The van der Waals surface area contributed by atoms with E-state index in [2.05, 4.69) is 0 Å². The first-order valence-electron chi connectivity index (χ1n) is 5.74. The Balaban J connectivity index is 3.33. The van der Waals surface area contributed by atoms with Crippen molar-refractivity contribution in [1.29, 1.82) is 5.26 Å². The van der Waals surface area contributed by atoms with E-state index in [1.807, 2.05) is 0 Å². The summed E-state index contributed by atoms with van der Waals surface area (Å²) in [7, 11) is -4.73. The topological polar surface area (TPSA) is 107 Å². The highest BCUT2D eigenvalue weighted by Gasteiger charge is 2.32. The predicted molar refractivity (Wildman–Crippen MR) is 67.7 cm³/mol. The van der Waals surface area contributed by atoms with E-state index in [9.17, 15) is 22.0 Å². The molecular formula is C12H12F2N2O4S. The molecule has 21 heavy (non-hydrogen) atoms. The van der Waals surface area contributed by atoms with Gasteiger partial charge in [0.2, 0.25) is 10.0 Å². The summed E-state index contributed by atoms with van der Waals surface area (Å²) in [5.41, 5.74) is -0.386. The number of halogens is 2. The molecule has 0 spiro atoms. The summed E-state index contributed by atoms with van der Waals surface area (Å²) in [6, 6.07) is 1.05. The van der Waals surface area contributed by atoms with Crippen molar-refractivity contribution in [2.45, 2.75) is 24.8 Å². The second kappa shape index (κ2) is 6.15. The van der Waals surface area contributed by atoms with Crippen LogP contribution in [0.3, 0.4) is 0 Å². The first kappa shape index (κ1) is 17.0. The molecule has 2 N–H and O–H groups in total. The molecule has 1 aromatic rings. The van der Waals surface area contributed by atoms with E-state index in [4.69, 9.17) is 10.4 Å². The SMILES string of the molecule is CC(C)[C@@H](NS(=O)(=O)c1c(F)cc(C#N)cc1F)C(=O)O. The molecule has 0 aromatic heterocycles. The Morgan fingerprint density at radius 3 is 2.14 bits per heavy atom. The highest BCUT2D eigenvalue weighted by molar-refractivity contribution is 7.89. The summed E-state index contributed by atoms with van der Waals surface area (Å²) in [5.74, 6) is -5.04. The average Bonchev–Trinajstić information content (AvgIpc) is 2.33. The summed E-state index contributed by atoms with van der Waals surface area (Å²) >= 11 is 0. The van der Waals surface area contributed by atoms with E-state index in [1.165, 1.54) is 19.9 Å². The number of nitriles is 1. The minimum Gasteiger partial charge on any atom is -0.480 e. The third-order valence-electron chi connectivity index (χ3n) is 2.61. The van der Waals surface area contributed by atoms with Crippen LogP contribution < -0.4 is 4.72 Å². The van der Waals surface area contributed by atoms with Crippen molar-refractivity contribution < 1.29 is 27.1 Å². The first-order valence-corrected chi connectivity index (χ1v) is 7.22. The lowest BCUT2D eigenvalue weighted by atomic mass is 10.1.